The average molecular weight is 338 g/mol. The van der Waals surface area contributed by atoms with E-state index in [1.165, 1.54) is 6.07 Å². The maximum atomic E-state index is 13.4. The molecule has 0 radical (unpaired) electrons. The van der Waals surface area contributed by atoms with Crippen LogP contribution in [0.2, 0.25) is 0 Å². The summed E-state index contributed by atoms with van der Waals surface area (Å²) in [6, 6.07) is 8.24. The van der Waals surface area contributed by atoms with Crippen molar-refractivity contribution in [1.82, 2.24) is 15.1 Å². The molecule has 3 heterocycles. The van der Waals surface area contributed by atoms with Crippen LogP contribution in [0.3, 0.4) is 0 Å². The zero-order valence-electron chi connectivity index (χ0n) is 13.5. The molecule has 1 saturated heterocycles. The van der Waals surface area contributed by atoms with Crippen molar-refractivity contribution < 1.29 is 13.7 Å². The van der Waals surface area contributed by atoms with Crippen LogP contribution >= 0.6 is 0 Å². The molecule has 1 unspecified atom stereocenters. The van der Waals surface area contributed by atoms with Gasteiger partial charge in [0, 0.05) is 36.6 Å². The highest BCUT2D eigenvalue weighted by molar-refractivity contribution is 5.96. The first-order chi connectivity index (χ1) is 12.1. The summed E-state index contributed by atoms with van der Waals surface area (Å²) in [4.78, 5) is 22.4. The van der Waals surface area contributed by atoms with Crippen molar-refractivity contribution in [2.24, 2.45) is 0 Å². The molecule has 1 amide bonds. The number of anilines is 1. The van der Waals surface area contributed by atoms with Gasteiger partial charge in [-0.1, -0.05) is 5.16 Å². The molecule has 126 valence electrons. The summed E-state index contributed by atoms with van der Waals surface area (Å²) < 4.78 is 18.8. The number of pyridine rings is 1. The first kappa shape index (κ1) is 15.4. The Morgan fingerprint density at radius 3 is 2.80 bits per heavy atom. The second kappa shape index (κ2) is 6.08. The van der Waals surface area contributed by atoms with E-state index in [9.17, 15) is 9.18 Å². The predicted molar refractivity (Wildman–Crippen MR) is 88.4 cm³/mol. The molecule has 0 saturated carbocycles. The Balaban J connectivity index is 1.56. The number of aryl methyl sites for hydroxylation is 1. The second-order valence-electron chi connectivity index (χ2n) is 6.03. The van der Waals surface area contributed by atoms with E-state index < -0.39 is 0 Å². The summed E-state index contributed by atoms with van der Waals surface area (Å²) in [5.41, 5.74) is 1.99. The molecule has 7 heteroatoms. The van der Waals surface area contributed by atoms with E-state index in [2.05, 4.69) is 15.1 Å². The van der Waals surface area contributed by atoms with Gasteiger partial charge in [-0.2, -0.15) is 4.98 Å². The lowest BCUT2D eigenvalue weighted by Gasteiger charge is -2.16. The zero-order chi connectivity index (χ0) is 17.4. The highest BCUT2D eigenvalue weighted by Gasteiger charge is 2.35. The molecule has 2 aromatic heterocycles. The first-order valence-electron chi connectivity index (χ1n) is 7.92. The standard InChI is InChI=1S/C18H15FN4O2/c1-11-8-14(2-3-15(11)19)23-10-13(9-16(23)24)18-21-17(22-25-18)12-4-6-20-7-5-12/h2-8,13H,9-10H2,1H3. The van der Waals surface area contributed by atoms with Crippen LogP contribution in [-0.2, 0) is 4.79 Å². The van der Waals surface area contributed by atoms with E-state index in [0.717, 1.165) is 5.56 Å². The fourth-order valence-electron chi connectivity index (χ4n) is 2.94. The molecule has 4 rings (SSSR count). The molecule has 1 aliphatic heterocycles. The third-order valence-electron chi connectivity index (χ3n) is 4.31. The molecule has 0 spiro atoms. The van der Waals surface area contributed by atoms with Gasteiger partial charge >= 0.3 is 0 Å². The van der Waals surface area contributed by atoms with Gasteiger partial charge in [-0.05, 0) is 42.8 Å². The van der Waals surface area contributed by atoms with Crippen LogP contribution in [0.1, 0.15) is 23.8 Å². The van der Waals surface area contributed by atoms with Crippen LogP contribution in [0.4, 0.5) is 10.1 Å². The smallest absolute Gasteiger partial charge is 0.232 e. The second-order valence-corrected chi connectivity index (χ2v) is 6.03. The molecule has 6 nitrogen and oxygen atoms in total. The van der Waals surface area contributed by atoms with E-state index >= 15 is 0 Å². The van der Waals surface area contributed by atoms with Crippen molar-refractivity contribution in [1.29, 1.82) is 0 Å². The van der Waals surface area contributed by atoms with Gasteiger partial charge in [-0.25, -0.2) is 4.39 Å². The summed E-state index contributed by atoms with van der Waals surface area (Å²) in [5.74, 6) is 0.397. The summed E-state index contributed by atoms with van der Waals surface area (Å²) in [7, 11) is 0. The van der Waals surface area contributed by atoms with Gasteiger partial charge in [-0.3, -0.25) is 9.78 Å². The molecule has 1 fully saturated rings. The summed E-state index contributed by atoms with van der Waals surface area (Å²) in [5, 5.41) is 3.99. The molecule has 0 bridgehead atoms. The fraction of sp³-hybridized carbons (Fsp3) is 0.222. The van der Waals surface area contributed by atoms with Gasteiger partial charge in [0.1, 0.15) is 5.82 Å². The topological polar surface area (TPSA) is 72.1 Å². The molecule has 3 aromatic rings. The highest BCUT2D eigenvalue weighted by Crippen LogP contribution is 2.32. The number of rotatable bonds is 3. The lowest BCUT2D eigenvalue weighted by atomic mass is 10.1. The molecule has 1 aromatic carbocycles. The van der Waals surface area contributed by atoms with Crippen molar-refractivity contribution in [2.45, 2.75) is 19.3 Å². The quantitative estimate of drug-likeness (QED) is 0.734. The average Bonchev–Trinajstić information content (AvgIpc) is 3.25. The van der Waals surface area contributed by atoms with Gasteiger partial charge in [0.15, 0.2) is 0 Å². The number of hydrogen-bond donors (Lipinski definition) is 0. The maximum Gasteiger partial charge on any atom is 0.232 e. The maximum absolute atomic E-state index is 13.4. The summed E-state index contributed by atoms with van der Waals surface area (Å²) in [6.07, 6.45) is 3.60. The van der Waals surface area contributed by atoms with Crippen LogP contribution in [0.15, 0.2) is 47.2 Å². The van der Waals surface area contributed by atoms with Crippen LogP contribution < -0.4 is 4.90 Å². The first-order valence-corrected chi connectivity index (χ1v) is 7.92. The Hall–Kier alpha value is -3.09. The third kappa shape index (κ3) is 2.88. The van der Waals surface area contributed by atoms with E-state index in [0.29, 0.717) is 29.5 Å². The third-order valence-corrected chi connectivity index (χ3v) is 4.31. The minimum Gasteiger partial charge on any atom is -0.339 e. The Bertz CT molecular complexity index is 926. The Labute approximate surface area is 143 Å². The molecule has 1 atom stereocenters. The van der Waals surface area contributed by atoms with E-state index in [1.54, 1.807) is 48.5 Å². The van der Waals surface area contributed by atoms with E-state index in [1.807, 2.05) is 0 Å². The number of benzene rings is 1. The van der Waals surface area contributed by atoms with Gasteiger partial charge in [0.25, 0.3) is 0 Å². The summed E-state index contributed by atoms with van der Waals surface area (Å²) >= 11 is 0. The van der Waals surface area contributed by atoms with Gasteiger partial charge in [0.2, 0.25) is 17.6 Å². The molecular weight excluding hydrogens is 323 g/mol. The SMILES string of the molecule is Cc1cc(N2CC(c3nc(-c4ccncc4)no3)CC2=O)ccc1F. The normalized spacial score (nSPS) is 17.3. The Morgan fingerprint density at radius 2 is 2.04 bits per heavy atom. The predicted octanol–water partition coefficient (Wildman–Crippen LogP) is 3.10. The van der Waals surface area contributed by atoms with Crippen molar-refractivity contribution in [3.05, 3.63) is 60.0 Å². The number of carbonyl (C=O) groups is 1. The van der Waals surface area contributed by atoms with Crippen molar-refractivity contribution >= 4 is 11.6 Å². The zero-order valence-corrected chi connectivity index (χ0v) is 13.5. The van der Waals surface area contributed by atoms with E-state index in [4.69, 9.17) is 4.52 Å². The molecule has 0 aliphatic carbocycles. The number of carbonyl (C=O) groups excluding carboxylic acids is 1. The number of aromatic nitrogens is 3. The van der Waals surface area contributed by atoms with Gasteiger partial charge in [0.05, 0.1) is 5.92 Å². The van der Waals surface area contributed by atoms with Crippen LogP contribution in [0, 0.1) is 12.7 Å². The number of hydrogen-bond acceptors (Lipinski definition) is 5. The van der Waals surface area contributed by atoms with Crippen LogP contribution in [0.25, 0.3) is 11.4 Å². The number of halogens is 1. The summed E-state index contributed by atoms with van der Waals surface area (Å²) in [6.45, 7) is 2.11. The van der Waals surface area contributed by atoms with Crippen LogP contribution in [0.5, 0.6) is 0 Å². The van der Waals surface area contributed by atoms with E-state index in [-0.39, 0.29) is 24.1 Å². The largest absolute Gasteiger partial charge is 0.339 e. The lowest BCUT2D eigenvalue weighted by Crippen LogP contribution is -2.24. The van der Waals surface area contributed by atoms with Crippen molar-refractivity contribution in [2.75, 3.05) is 11.4 Å². The molecular formula is C18H15FN4O2. The van der Waals surface area contributed by atoms with Crippen molar-refractivity contribution in [3.8, 4) is 11.4 Å². The number of amides is 1. The Kier molecular flexibility index (Phi) is 3.76. The minimum absolute atomic E-state index is 0.0420. The van der Waals surface area contributed by atoms with Gasteiger partial charge in [-0.15, -0.1) is 0 Å². The monoisotopic (exact) mass is 338 g/mol. The van der Waals surface area contributed by atoms with Crippen LogP contribution in [-0.4, -0.2) is 27.6 Å². The molecule has 0 N–H and O–H groups in total. The molecule has 25 heavy (non-hydrogen) atoms. The highest BCUT2D eigenvalue weighted by atomic mass is 19.1. The number of nitrogens with zero attached hydrogens (tertiary/aromatic N) is 4. The van der Waals surface area contributed by atoms with Crippen molar-refractivity contribution in [3.63, 3.8) is 0 Å². The lowest BCUT2D eigenvalue weighted by molar-refractivity contribution is -0.117. The molecule has 1 aliphatic rings. The Morgan fingerprint density at radius 1 is 1.24 bits per heavy atom. The minimum atomic E-state index is -0.286. The fourth-order valence-corrected chi connectivity index (χ4v) is 2.94. The van der Waals surface area contributed by atoms with Gasteiger partial charge < -0.3 is 9.42 Å².